The van der Waals surface area contributed by atoms with Gasteiger partial charge in [0.25, 0.3) is 0 Å². The van der Waals surface area contributed by atoms with Crippen LogP contribution in [0.15, 0.2) is 66.7 Å². The summed E-state index contributed by atoms with van der Waals surface area (Å²) < 4.78 is 37.7. The molecule has 0 aliphatic carbocycles. The van der Waals surface area contributed by atoms with Gasteiger partial charge in [0.05, 0.1) is 14.2 Å². The second-order valence-corrected chi connectivity index (χ2v) is 9.81. The number of rotatable bonds is 12. The van der Waals surface area contributed by atoms with Gasteiger partial charge in [-0.05, 0) is 111 Å². The van der Waals surface area contributed by atoms with Crippen LogP contribution in [0, 0.1) is 11.6 Å². The van der Waals surface area contributed by atoms with E-state index < -0.39 is 0 Å². The lowest BCUT2D eigenvalue weighted by Crippen LogP contribution is -2.43. The van der Waals surface area contributed by atoms with Crippen molar-refractivity contribution in [2.75, 3.05) is 40.4 Å². The van der Waals surface area contributed by atoms with Crippen molar-refractivity contribution in [3.05, 3.63) is 95.1 Å². The van der Waals surface area contributed by atoms with Crippen LogP contribution in [0.5, 0.6) is 11.5 Å². The summed E-state index contributed by atoms with van der Waals surface area (Å²) in [5.74, 6) is 1.20. The van der Waals surface area contributed by atoms with Crippen molar-refractivity contribution in [1.82, 2.24) is 10.2 Å². The van der Waals surface area contributed by atoms with E-state index in [2.05, 4.69) is 16.3 Å². The summed E-state index contributed by atoms with van der Waals surface area (Å²) in [6, 6.07) is 20.1. The fourth-order valence-electron chi connectivity index (χ4n) is 5.25. The molecule has 4 rings (SSSR count). The molecule has 0 spiro atoms. The summed E-state index contributed by atoms with van der Waals surface area (Å²) in [5.41, 5.74) is 3.38. The van der Waals surface area contributed by atoms with Crippen molar-refractivity contribution in [3.63, 3.8) is 0 Å². The molecule has 1 N–H and O–H groups in total. The molecule has 1 fully saturated rings. The highest BCUT2D eigenvalue weighted by Gasteiger charge is 2.20. The predicted molar refractivity (Wildman–Crippen MR) is 152 cm³/mol. The number of nitrogens with one attached hydrogen (secondary N) is 1. The molecule has 38 heavy (non-hydrogen) atoms. The SMILES string of the molecule is COc1ccc(CCNC2CCN(CCCC(c3ccc(F)cc3)c3ccc(F)cc3)CC2)cc1OC.Cl. The molecule has 0 amide bonds. The number of benzene rings is 3. The summed E-state index contributed by atoms with van der Waals surface area (Å²) in [6.45, 7) is 4.16. The number of halogens is 3. The zero-order valence-electron chi connectivity index (χ0n) is 22.3. The normalized spacial score (nSPS) is 14.3. The quantitative estimate of drug-likeness (QED) is 0.278. The van der Waals surface area contributed by atoms with Crippen LogP contribution >= 0.6 is 12.4 Å². The number of likely N-dealkylation sites (tertiary alicyclic amines) is 1. The van der Waals surface area contributed by atoms with Crippen LogP contribution in [0.1, 0.15) is 48.3 Å². The molecule has 0 aromatic heterocycles. The maximum Gasteiger partial charge on any atom is 0.160 e. The van der Waals surface area contributed by atoms with E-state index in [-0.39, 0.29) is 30.0 Å². The second kappa shape index (κ2) is 15.1. The molecule has 4 nitrogen and oxygen atoms in total. The average Bonchev–Trinajstić information content (AvgIpc) is 2.93. The van der Waals surface area contributed by atoms with Gasteiger partial charge < -0.3 is 19.7 Å². The molecule has 0 bridgehead atoms. The lowest BCUT2D eigenvalue weighted by Gasteiger charge is -2.33. The summed E-state index contributed by atoms with van der Waals surface area (Å²) in [4.78, 5) is 2.54. The number of nitrogens with zero attached hydrogens (tertiary/aromatic N) is 1. The molecule has 1 heterocycles. The van der Waals surface area contributed by atoms with Crippen molar-refractivity contribution >= 4 is 12.4 Å². The molecule has 1 aliphatic heterocycles. The lowest BCUT2D eigenvalue weighted by molar-refractivity contribution is 0.194. The van der Waals surface area contributed by atoms with Gasteiger partial charge in [0.15, 0.2) is 11.5 Å². The zero-order chi connectivity index (χ0) is 26.0. The van der Waals surface area contributed by atoms with Gasteiger partial charge in [0, 0.05) is 12.0 Å². The standard InChI is InChI=1S/C31H38F2N2O2.ClH/c1-36-30-14-5-23(22-31(30)37-2)15-18-34-28-16-20-35(21-17-28)19-3-4-29(24-6-10-26(32)11-7-24)25-8-12-27(33)13-9-25;/h5-14,22,28-29,34H,3-4,15-21H2,1-2H3;1H. The molecule has 0 saturated carbocycles. The highest BCUT2D eigenvalue weighted by atomic mass is 35.5. The molecule has 0 unspecified atom stereocenters. The van der Waals surface area contributed by atoms with E-state index in [0.29, 0.717) is 6.04 Å². The summed E-state index contributed by atoms with van der Waals surface area (Å²) in [6.07, 6.45) is 5.23. The topological polar surface area (TPSA) is 33.7 Å². The molecule has 1 saturated heterocycles. The molecule has 206 valence electrons. The molecular formula is C31H39ClF2N2O2. The Morgan fingerprint density at radius 3 is 1.97 bits per heavy atom. The van der Waals surface area contributed by atoms with Crippen molar-refractivity contribution in [1.29, 1.82) is 0 Å². The monoisotopic (exact) mass is 544 g/mol. The van der Waals surface area contributed by atoms with Gasteiger partial charge in [-0.1, -0.05) is 30.3 Å². The average molecular weight is 545 g/mol. The van der Waals surface area contributed by atoms with Crippen molar-refractivity contribution in [2.45, 2.75) is 44.1 Å². The van der Waals surface area contributed by atoms with Gasteiger partial charge >= 0.3 is 0 Å². The predicted octanol–water partition coefficient (Wildman–Crippen LogP) is 6.61. The van der Waals surface area contributed by atoms with E-state index in [1.165, 1.54) is 29.8 Å². The van der Waals surface area contributed by atoms with Gasteiger partial charge in [0.1, 0.15) is 11.6 Å². The Balaban J connectivity index is 0.00000400. The minimum Gasteiger partial charge on any atom is -0.493 e. The lowest BCUT2D eigenvalue weighted by atomic mass is 9.87. The first-order chi connectivity index (χ1) is 18.1. The third-order valence-electron chi connectivity index (χ3n) is 7.39. The number of hydrogen-bond acceptors (Lipinski definition) is 4. The Kier molecular flexibility index (Phi) is 11.8. The number of piperidine rings is 1. The molecule has 7 heteroatoms. The van der Waals surface area contributed by atoms with Crippen molar-refractivity contribution < 1.29 is 18.3 Å². The Morgan fingerprint density at radius 2 is 1.42 bits per heavy atom. The second-order valence-electron chi connectivity index (χ2n) is 9.81. The maximum absolute atomic E-state index is 13.5. The summed E-state index contributed by atoms with van der Waals surface area (Å²) >= 11 is 0. The van der Waals surface area contributed by atoms with E-state index in [9.17, 15) is 8.78 Å². The van der Waals surface area contributed by atoms with Crippen LogP contribution in [0.3, 0.4) is 0 Å². The smallest absolute Gasteiger partial charge is 0.160 e. The molecule has 0 atom stereocenters. The number of hydrogen-bond donors (Lipinski definition) is 1. The Bertz CT molecular complexity index is 1060. The van der Waals surface area contributed by atoms with Crippen LogP contribution in [0.2, 0.25) is 0 Å². The largest absolute Gasteiger partial charge is 0.493 e. The van der Waals surface area contributed by atoms with Crippen molar-refractivity contribution in [2.24, 2.45) is 0 Å². The van der Waals surface area contributed by atoms with Crippen LogP contribution in [0.25, 0.3) is 0 Å². The van der Waals surface area contributed by atoms with Gasteiger partial charge in [-0.2, -0.15) is 0 Å². The molecular weight excluding hydrogens is 506 g/mol. The van der Waals surface area contributed by atoms with E-state index in [0.717, 1.165) is 80.9 Å². The van der Waals surface area contributed by atoms with Gasteiger partial charge in [-0.15, -0.1) is 12.4 Å². The summed E-state index contributed by atoms with van der Waals surface area (Å²) in [5, 5.41) is 3.72. The van der Waals surface area contributed by atoms with Gasteiger partial charge in [-0.3, -0.25) is 0 Å². The van der Waals surface area contributed by atoms with Crippen LogP contribution < -0.4 is 14.8 Å². The first-order valence-corrected chi connectivity index (χ1v) is 13.2. The van der Waals surface area contributed by atoms with Crippen LogP contribution in [0.4, 0.5) is 8.78 Å². The van der Waals surface area contributed by atoms with Gasteiger partial charge in [0.2, 0.25) is 0 Å². The van der Waals surface area contributed by atoms with E-state index in [1.54, 1.807) is 14.2 Å². The maximum atomic E-state index is 13.5. The third-order valence-corrected chi connectivity index (χ3v) is 7.39. The summed E-state index contributed by atoms with van der Waals surface area (Å²) in [7, 11) is 3.32. The number of ether oxygens (including phenoxy) is 2. The van der Waals surface area contributed by atoms with Gasteiger partial charge in [-0.25, -0.2) is 8.78 Å². The fraction of sp³-hybridized carbons (Fsp3) is 0.419. The first-order valence-electron chi connectivity index (χ1n) is 13.2. The molecule has 0 radical (unpaired) electrons. The Labute approximate surface area is 231 Å². The highest BCUT2D eigenvalue weighted by molar-refractivity contribution is 5.85. The molecule has 3 aromatic rings. The van der Waals surface area contributed by atoms with E-state index in [1.807, 2.05) is 36.4 Å². The van der Waals surface area contributed by atoms with E-state index >= 15 is 0 Å². The minimum atomic E-state index is -0.234. The Morgan fingerprint density at radius 1 is 0.842 bits per heavy atom. The third kappa shape index (κ3) is 8.42. The highest BCUT2D eigenvalue weighted by Crippen LogP contribution is 2.30. The molecule has 3 aromatic carbocycles. The zero-order valence-corrected chi connectivity index (χ0v) is 23.1. The van der Waals surface area contributed by atoms with Crippen molar-refractivity contribution in [3.8, 4) is 11.5 Å². The fourth-order valence-corrected chi connectivity index (χ4v) is 5.25. The minimum absolute atomic E-state index is 0. The van der Waals surface area contributed by atoms with Crippen LogP contribution in [-0.4, -0.2) is 51.3 Å². The Hall–Kier alpha value is -2.67. The molecule has 1 aliphatic rings. The van der Waals surface area contributed by atoms with E-state index in [4.69, 9.17) is 9.47 Å². The van der Waals surface area contributed by atoms with Crippen LogP contribution in [-0.2, 0) is 6.42 Å². The first kappa shape index (κ1) is 29.9. The number of methoxy groups -OCH3 is 2.